The molecule has 4 saturated carbocycles. The summed E-state index contributed by atoms with van der Waals surface area (Å²) in [5.74, 6) is 1.46. The van der Waals surface area contributed by atoms with Crippen molar-refractivity contribution in [3.8, 4) is 5.75 Å². The van der Waals surface area contributed by atoms with Crippen molar-refractivity contribution in [3.05, 3.63) is 69.3 Å². The zero-order valence-corrected chi connectivity index (χ0v) is 18.5. The molecule has 33 heavy (non-hydrogen) atoms. The fraction of sp³-hybridized carbons (Fsp3) is 0.500. The summed E-state index contributed by atoms with van der Waals surface area (Å²) in [4.78, 5) is 24.6. The summed E-state index contributed by atoms with van der Waals surface area (Å²) in [7, 11) is 0. The third kappa shape index (κ3) is 3.41. The van der Waals surface area contributed by atoms with E-state index in [1.807, 2.05) is 6.07 Å². The van der Waals surface area contributed by atoms with Crippen LogP contribution in [0.3, 0.4) is 0 Å². The zero-order valence-electron chi connectivity index (χ0n) is 18.5. The Morgan fingerprint density at radius 3 is 2.61 bits per heavy atom. The van der Waals surface area contributed by atoms with Crippen molar-refractivity contribution in [3.63, 3.8) is 0 Å². The number of rotatable bonds is 5. The zero-order chi connectivity index (χ0) is 22.6. The summed E-state index contributed by atoms with van der Waals surface area (Å²) in [6.45, 7) is 0.293. The lowest BCUT2D eigenvalue weighted by Gasteiger charge is -2.61. The molecule has 2 aromatic carbocycles. The average Bonchev–Trinajstić information content (AvgIpc) is 2.82. The first-order valence-electron chi connectivity index (χ1n) is 11.7. The van der Waals surface area contributed by atoms with Gasteiger partial charge in [-0.05, 0) is 61.3 Å². The van der Waals surface area contributed by atoms with Gasteiger partial charge in [0.1, 0.15) is 12.4 Å². The molecular weight excluding hydrogens is 422 g/mol. The van der Waals surface area contributed by atoms with E-state index in [1.54, 1.807) is 0 Å². The summed E-state index contributed by atoms with van der Waals surface area (Å²) in [5.41, 5.74) is 2.02. The highest BCUT2D eigenvalue weighted by molar-refractivity contribution is 5.78. The van der Waals surface area contributed by atoms with Gasteiger partial charge in [0, 0.05) is 23.3 Å². The molecule has 7 heteroatoms. The molecule has 4 fully saturated rings. The highest BCUT2D eigenvalue weighted by Crippen LogP contribution is 2.66. The summed E-state index contributed by atoms with van der Waals surface area (Å²) in [5, 5.41) is 11.4. The molecule has 1 aliphatic heterocycles. The maximum absolute atomic E-state index is 13.6. The third-order valence-electron chi connectivity index (χ3n) is 8.22. The average molecular weight is 450 g/mol. The monoisotopic (exact) mass is 449 g/mol. The number of fused-ring (bicyclic) bond motifs is 1. The molecule has 4 aliphatic carbocycles. The summed E-state index contributed by atoms with van der Waals surface area (Å²) in [6, 6.07) is 13.6. The Balaban J connectivity index is 1.27. The van der Waals surface area contributed by atoms with Crippen LogP contribution in [0.2, 0.25) is 0 Å². The summed E-state index contributed by atoms with van der Waals surface area (Å²) in [6.07, 6.45) is 6.09. The first kappa shape index (κ1) is 20.7. The van der Waals surface area contributed by atoms with E-state index in [9.17, 15) is 14.9 Å². The van der Waals surface area contributed by atoms with Crippen LogP contribution in [0.15, 0.2) is 42.5 Å². The van der Waals surface area contributed by atoms with E-state index in [-0.39, 0.29) is 37.1 Å². The molecule has 0 saturated heterocycles. The maximum atomic E-state index is 13.6. The maximum Gasteiger partial charge on any atom is 0.312 e. The van der Waals surface area contributed by atoms with E-state index in [0.717, 1.165) is 32.1 Å². The molecule has 1 heterocycles. The molecule has 7 nitrogen and oxygen atoms in total. The lowest BCUT2D eigenvalue weighted by molar-refractivity contribution is -0.385. The van der Waals surface area contributed by atoms with Gasteiger partial charge in [-0.3, -0.25) is 14.9 Å². The number of nitrogens with zero attached hydrogens (tertiary/aromatic N) is 1. The van der Waals surface area contributed by atoms with Crippen LogP contribution >= 0.6 is 0 Å². The molecule has 0 aromatic heterocycles. The second kappa shape index (κ2) is 7.55. The number of non-ortho nitro benzene ring substituents is 1. The standard InChI is InChI=1S/C26H27NO6/c28-24(32-14-20-8-22(27(29)30)7-19-13-31-16-33-23(19)20)26-11-17-6-18(12-26)10-25(9-17,15-26)21-4-2-1-3-5-21/h1-5,7-8,17-18H,6,9-16H2. The van der Waals surface area contributed by atoms with Crippen LogP contribution in [0.25, 0.3) is 0 Å². The summed E-state index contributed by atoms with van der Waals surface area (Å²) < 4.78 is 16.8. The van der Waals surface area contributed by atoms with Crippen molar-refractivity contribution in [2.24, 2.45) is 17.3 Å². The number of carbonyl (C=O) groups is 1. The van der Waals surface area contributed by atoms with Crippen LogP contribution in [0.1, 0.15) is 55.2 Å². The molecule has 5 aliphatic rings. The molecule has 7 rings (SSSR count). The topological polar surface area (TPSA) is 87.9 Å². The Morgan fingerprint density at radius 2 is 1.88 bits per heavy atom. The number of nitro benzene ring substituents is 1. The van der Waals surface area contributed by atoms with Gasteiger partial charge in [-0.1, -0.05) is 30.3 Å². The molecular formula is C26H27NO6. The van der Waals surface area contributed by atoms with Crippen LogP contribution in [0, 0.1) is 27.4 Å². The number of ether oxygens (including phenoxy) is 3. The fourth-order valence-corrected chi connectivity index (χ4v) is 7.42. The Bertz CT molecular complexity index is 1100. The quantitative estimate of drug-likeness (QED) is 0.361. The van der Waals surface area contributed by atoms with Gasteiger partial charge in [0.2, 0.25) is 0 Å². The number of hydrogen-bond donors (Lipinski definition) is 0. The number of benzene rings is 2. The Kier molecular flexibility index (Phi) is 4.73. The third-order valence-corrected chi connectivity index (χ3v) is 8.22. The van der Waals surface area contributed by atoms with Gasteiger partial charge in [0.05, 0.1) is 16.9 Å². The molecule has 0 radical (unpaired) electrons. The highest BCUT2D eigenvalue weighted by Gasteiger charge is 2.61. The second-order valence-corrected chi connectivity index (χ2v) is 10.4. The smallest absolute Gasteiger partial charge is 0.312 e. The fourth-order valence-electron chi connectivity index (χ4n) is 7.42. The molecule has 2 unspecified atom stereocenters. The summed E-state index contributed by atoms with van der Waals surface area (Å²) >= 11 is 0. The SMILES string of the molecule is O=C(OCc1cc([N+](=O)[O-])cc2c1OCOC2)C12CC3CC(C1)CC(c1ccccc1)(C3)C2. The molecule has 2 atom stereocenters. The molecule has 0 spiro atoms. The Morgan fingerprint density at radius 1 is 1.12 bits per heavy atom. The van der Waals surface area contributed by atoms with E-state index in [1.165, 1.54) is 24.1 Å². The van der Waals surface area contributed by atoms with Crippen LogP contribution in [-0.4, -0.2) is 17.7 Å². The normalized spacial score (nSPS) is 31.5. The van der Waals surface area contributed by atoms with Gasteiger partial charge in [-0.15, -0.1) is 0 Å². The van der Waals surface area contributed by atoms with Crippen molar-refractivity contribution in [1.82, 2.24) is 0 Å². The predicted molar refractivity (Wildman–Crippen MR) is 118 cm³/mol. The lowest BCUT2D eigenvalue weighted by Crippen LogP contribution is -2.57. The van der Waals surface area contributed by atoms with E-state index >= 15 is 0 Å². The van der Waals surface area contributed by atoms with Crippen molar-refractivity contribution in [1.29, 1.82) is 0 Å². The van der Waals surface area contributed by atoms with E-state index in [0.29, 0.717) is 28.7 Å². The molecule has 2 aromatic rings. The van der Waals surface area contributed by atoms with Crippen molar-refractivity contribution in [2.75, 3.05) is 6.79 Å². The molecule has 0 N–H and O–H groups in total. The minimum Gasteiger partial charge on any atom is -0.467 e. The van der Waals surface area contributed by atoms with Crippen LogP contribution in [0.5, 0.6) is 5.75 Å². The number of carbonyl (C=O) groups excluding carboxylic acids is 1. The highest BCUT2D eigenvalue weighted by atomic mass is 16.7. The Hall–Kier alpha value is -2.93. The first-order valence-corrected chi connectivity index (χ1v) is 11.7. The minimum atomic E-state index is -0.468. The molecule has 172 valence electrons. The predicted octanol–water partition coefficient (Wildman–Crippen LogP) is 5.04. The minimum absolute atomic E-state index is 0.0295. The molecule has 4 bridgehead atoms. The van der Waals surface area contributed by atoms with E-state index in [4.69, 9.17) is 14.2 Å². The van der Waals surface area contributed by atoms with Crippen LogP contribution < -0.4 is 4.74 Å². The second-order valence-electron chi connectivity index (χ2n) is 10.4. The van der Waals surface area contributed by atoms with E-state index < -0.39 is 10.3 Å². The van der Waals surface area contributed by atoms with E-state index in [2.05, 4.69) is 24.3 Å². The number of nitro groups is 1. The number of esters is 1. The van der Waals surface area contributed by atoms with Crippen molar-refractivity contribution >= 4 is 11.7 Å². The van der Waals surface area contributed by atoms with Gasteiger partial charge in [0.25, 0.3) is 5.69 Å². The van der Waals surface area contributed by atoms with Gasteiger partial charge in [-0.2, -0.15) is 0 Å². The first-order chi connectivity index (χ1) is 16.0. The largest absolute Gasteiger partial charge is 0.467 e. The van der Waals surface area contributed by atoms with Crippen molar-refractivity contribution < 1.29 is 23.9 Å². The van der Waals surface area contributed by atoms with Crippen LogP contribution in [-0.2, 0) is 32.9 Å². The Labute approximate surface area is 192 Å². The van der Waals surface area contributed by atoms with Gasteiger partial charge in [0.15, 0.2) is 6.79 Å². The van der Waals surface area contributed by atoms with Gasteiger partial charge < -0.3 is 14.2 Å². The van der Waals surface area contributed by atoms with Gasteiger partial charge in [-0.25, -0.2) is 0 Å². The van der Waals surface area contributed by atoms with Gasteiger partial charge >= 0.3 is 5.97 Å². The lowest BCUT2D eigenvalue weighted by atomic mass is 9.43. The van der Waals surface area contributed by atoms with Crippen LogP contribution in [0.4, 0.5) is 5.69 Å². The number of hydrogen-bond acceptors (Lipinski definition) is 6. The van der Waals surface area contributed by atoms with Crippen molar-refractivity contribution in [2.45, 2.75) is 57.2 Å². The molecule has 0 amide bonds.